The molecule has 0 bridgehead atoms. The summed E-state index contributed by atoms with van der Waals surface area (Å²) in [6.07, 6.45) is 0. The lowest BCUT2D eigenvalue weighted by atomic mass is 10.2. The second-order valence-corrected chi connectivity index (χ2v) is 6.70. The average Bonchev–Trinajstić information content (AvgIpc) is 3.02. The molecule has 2 heterocycles. The first-order valence-electron chi connectivity index (χ1n) is 8.11. The maximum Gasteiger partial charge on any atom is 0.278 e. The molecule has 0 N–H and O–H groups in total. The Morgan fingerprint density at radius 3 is 2.58 bits per heavy atom. The smallest absolute Gasteiger partial charge is 0.278 e. The van der Waals surface area contributed by atoms with Crippen LogP contribution in [0.4, 0.5) is 0 Å². The number of nitrogens with zero attached hydrogens (tertiary/aromatic N) is 6. The predicted molar refractivity (Wildman–Crippen MR) is 100.0 cm³/mol. The number of hydrogen-bond acceptors (Lipinski definition) is 6. The van der Waals surface area contributed by atoms with Crippen molar-refractivity contribution < 1.29 is 0 Å². The average molecular weight is 364 g/mol. The van der Waals surface area contributed by atoms with Crippen LogP contribution in [-0.4, -0.2) is 29.8 Å². The molecule has 0 saturated carbocycles. The lowest BCUT2D eigenvalue weighted by Gasteiger charge is -2.09. The zero-order chi connectivity index (χ0) is 17.9. The molecule has 130 valence electrons. The normalized spacial score (nSPS) is 11.1. The van der Waals surface area contributed by atoms with Crippen LogP contribution in [0.2, 0.25) is 0 Å². The van der Waals surface area contributed by atoms with Crippen molar-refractivity contribution in [2.24, 2.45) is 0 Å². The van der Waals surface area contributed by atoms with Crippen molar-refractivity contribution in [2.45, 2.75) is 24.5 Å². The Kier molecular flexibility index (Phi) is 4.49. The van der Waals surface area contributed by atoms with Crippen LogP contribution in [0.1, 0.15) is 11.4 Å². The van der Waals surface area contributed by atoms with E-state index in [1.807, 2.05) is 41.8 Å². The van der Waals surface area contributed by atoms with E-state index in [-0.39, 0.29) is 5.56 Å². The Balaban J connectivity index is 1.57. The molecule has 8 heteroatoms. The molecule has 0 aliphatic carbocycles. The van der Waals surface area contributed by atoms with Gasteiger partial charge < -0.3 is 4.57 Å². The Morgan fingerprint density at radius 1 is 0.962 bits per heavy atom. The maximum atomic E-state index is 12.5. The fourth-order valence-electron chi connectivity index (χ4n) is 2.64. The van der Waals surface area contributed by atoms with E-state index in [0.29, 0.717) is 23.3 Å². The molecular formula is C18H16N6OS. The number of fused-ring (bicyclic) bond motifs is 1. The van der Waals surface area contributed by atoms with E-state index in [2.05, 4.69) is 32.6 Å². The zero-order valence-electron chi connectivity index (χ0n) is 14.1. The predicted octanol–water partition coefficient (Wildman–Crippen LogP) is 2.49. The van der Waals surface area contributed by atoms with Crippen LogP contribution >= 0.6 is 11.8 Å². The molecule has 0 saturated heterocycles. The first-order valence-corrected chi connectivity index (χ1v) is 9.10. The first-order chi connectivity index (χ1) is 12.7. The summed E-state index contributed by atoms with van der Waals surface area (Å²) >= 11 is 1.41. The van der Waals surface area contributed by atoms with Gasteiger partial charge in [0, 0.05) is 0 Å². The third kappa shape index (κ3) is 3.23. The first kappa shape index (κ1) is 16.5. The zero-order valence-corrected chi connectivity index (χ0v) is 14.9. The van der Waals surface area contributed by atoms with Gasteiger partial charge in [-0.3, -0.25) is 4.79 Å². The second kappa shape index (κ2) is 7.09. The molecule has 0 aliphatic rings. The molecule has 2 aromatic heterocycles. The van der Waals surface area contributed by atoms with Crippen molar-refractivity contribution >= 4 is 22.7 Å². The molecule has 2 aromatic carbocycles. The summed E-state index contributed by atoms with van der Waals surface area (Å²) in [7, 11) is 0. The van der Waals surface area contributed by atoms with Gasteiger partial charge in [0.15, 0.2) is 5.16 Å². The fourth-order valence-corrected chi connectivity index (χ4v) is 3.50. The molecule has 0 aliphatic heterocycles. The molecule has 7 nitrogen and oxygen atoms in total. The largest absolute Gasteiger partial charge is 0.302 e. The van der Waals surface area contributed by atoms with Gasteiger partial charge in [-0.1, -0.05) is 59.4 Å². The minimum absolute atomic E-state index is 0.158. The number of aryl methyl sites for hydroxylation is 1. The standard InChI is InChI=1S/C18H16N6OS/c1-13-19-21-18(23(13)11-14-7-3-2-4-8-14)26-12-24-17(25)15-9-5-6-10-16(15)20-22-24/h2-10H,11-12H2,1H3. The van der Waals surface area contributed by atoms with Crippen molar-refractivity contribution in [1.82, 2.24) is 29.8 Å². The van der Waals surface area contributed by atoms with Gasteiger partial charge >= 0.3 is 0 Å². The van der Waals surface area contributed by atoms with Crippen LogP contribution in [0.15, 0.2) is 64.5 Å². The minimum atomic E-state index is -0.158. The monoisotopic (exact) mass is 364 g/mol. The molecule has 0 fully saturated rings. The summed E-state index contributed by atoms with van der Waals surface area (Å²) in [5.41, 5.74) is 1.61. The molecule has 4 aromatic rings. The highest BCUT2D eigenvalue weighted by Gasteiger charge is 2.12. The highest BCUT2D eigenvalue weighted by Crippen LogP contribution is 2.19. The highest BCUT2D eigenvalue weighted by molar-refractivity contribution is 7.98. The third-order valence-corrected chi connectivity index (χ3v) is 4.96. The Morgan fingerprint density at radius 2 is 1.73 bits per heavy atom. The van der Waals surface area contributed by atoms with Crippen LogP contribution < -0.4 is 5.56 Å². The summed E-state index contributed by atoms with van der Waals surface area (Å²) in [4.78, 5) is 12.5. The van der Waals surface area contributed by atoms with E-state index in [4.69, 9.17) is 0 Å². The Hall–Kier alpha value is -3.00. The number of thioether (sulfide) groups is 1. The number of aromatic nitrogens is 6. The van der Waals surface area contributed by atoms with Crippen LogP contribution in [0, 0.1) is 6.92 Å². The van der Waals surface area contributed by atoms with Crippen molar-refractivity contribution in [1.29, 1.82) is 0 Å². The van der Waals surface area contributed by atoms with Crippen LogP contribution in [0.3, 0.4) is 0 Å². The summed E-state index contributed by atoms with van der Waals surface area (Å²) in [5, 5.41) is 17.8. The lowest BCUT2D eigenvalue weighted by Crippen LogP contribution is -2.23. The van der Waals surface area contributed by atoms with Gasteiger partial charge in [-0.05, 0) is 24.6 Å². The van der Waals surface area contributed by atoms with Crippen molar-refractivity contribution in [3.05, 3.63) is 76.3 Å². The van der Waals surface area contributed by atoms with Crippen molar-refractivity contribution in [2.75, 3.05) is 0 Å². The number of rotatable bonds is 5. The summed E-state index contributed by atoms with van der Waals surface area (Å²) in [5.74, 6) is 1.15. The van der Waals surface area contributed by atoms with Crippen molar-refractivity contribution in [3.63, 3.8) is 0 Å². The second-order valence-electron chi connectivity index (χ2n) is 5.79. The molecule has 0 amide bonds. The molecule has 4 rings (SSSR count). The van der Waals surface area contributed by atoms with Gasteiger partial charge in [-0.2, -0.15) is 4.68 Å². The van der Waals surface area contributed by atoms with E-state index in [0.717, 1.165) is 11.0 Å². The SMILES string of the molecule is Cc1nnc(SCn2nnc3ccccc3c2=O)n1Cc1ccccc1. The Bertz CT molecular complexity index is 1110. The van der Waals surface area contributed by atoms with Crippen LogP contribution in [0.25, 0.3) is 10.9 Å². The van der Waals surface area contributed by atoms with E-state index in [1.165, 1.54) is 22.0 Å². The molecule has 0 spiro atoms. The van der Waals surface area contributed by atoms with Gasteiger partial charge in [-0.25, -0.2) is 0 Å². The van der Waals surface area contributed by atoms with Gasteiger partial charge in [0.25, 0.3) is 5.56 Å². The fraction of sp³-hybridized carbons (Fsp3) is 0.167. The molecule has 0 radical (unpaired) electrons. The molecule has 0 unspecified atom stereocenters. The van der Waals surface area contributed by atoms with E-state index in [1.54, 1.807) is 12.1 Å². The molecule has 0 atom stereocenters. The van der Waals surface area contributed by atoms with Gasteiger partial charge in [0.2, 0.25) is 0 Å². The topological polar surface area (TPSA) is 78.5 Å². The summed E-state index contributed by atoms with van der Waals surface area (Å²) in [6, 6.07) is 17.3. The van der Waals surface area contributed by atoms with Gasteiger partial charge in [-0.15, -0.1) is 15.3 Å². The third-order valence-electron chi connectivity index (χ3n) is 4.03. The van der Waals surface area contributed by atoms with Crippen LogP contribution in [-0.2, 0) is 12.4 Å². The quantitative estimate of drug-likeness (QED) is 0.506. The number of benzene rings is 2. The lowest BCUT2D eigenvalue weighted by molar-refractivity contribution is 0.637. The van der Waals surface area contributed by atoms with Gasteiger partial charge in [0.05, 0.1) is 17.8 Å². The van der Waals surface area contributed by atoms with E-state index in [9.17, 15) is 4.79 Å². The summed E-state index contributed by atoms with van der Waals surface area (Å²) in [6.45, 7) is 2.60. The molecular weight excluding hydrogens is 348 g/mol. The summed E-state index contributed by atoms with van der Waals surface area (Å²) < 4.78 is 3.38. The van der Waals surface area contributed by atoms with E-state index < -0.39 is 0 Å². The number of hydrogen-bond donors (Lipinski definition) is 0. The van der Waals surface area contributed by atoms with Crippen molar-refractivity contribution in [3.8, 4) is 0 Å². The minimum Gasteiger partial charge on any atom is -0.302 e. The van der Waals surface area contributed by atoms with Gasteiger partial charge in [0.1, 0.15) is 11.3 Å². The maximum absolute atomic E-state index is 12.5. The highest BCUT2D eigenvalue weighted by atomic mass is 32.2. The molecule has 26 heavy (non-hydrogen) atoms. The van der Waals surface area contributed by atoms with Crippen LogP contribution in [0.5, 0.6) is 0 Å². The van der Waals surface area contributed by atoms with E-state index >= 15 is 0 Å². The Labute approximate surface area is 153 Å².